The number of allylic oxidation sites excluding steroid dienone is 1. The zero-order chi connectivity index (χ0) is 21.1. The van der Waals surface area contributed by atoms with Crippen LogP contribution >= 0.6 is 0 Å². The number of rotatable bonds is 7. The van der Waals surface area contributed by atoms with Gasteiger partial charge < -0.3 is 24.7 Å². The minimum Gasteiger partial charge on any atom is -0.504 e. The zero-order valence-electron chi connectivity index (χ0n) is 16.1. The summed E-state index contributed by atoms with van der Waals surface area (Å²) in [7, 11) is 0. The number of furan rings is 1. The molecule has 0 unspecified atom stereocenters. The van der Waals surface area contributed by atoms with Gasteiger partial charge in [0.1, 0.15) is 5.75 Å². The molecule has 0 fully saturated rings. The molecule has 0 bridgehead atoms. The van der Waals surface area contributed by atoms with Crippen LogP contribution in [0.15, 0.2) is 52.0 Å². The van der Waals surface area contributed by atoms with Gasteiger partial charge in [0.05, 0.1) is 6.61 Å². The molecule has 8 nitrogen and oxygen atoms in total. The lowest BCUT2D eigenvalue weighted by molar-refractivity contribution is 0.0695. The fourth-order valence-electron chi connectivity index (χ4n) is 2.99. The molecule has 0 atom stereocenters. The van der Waals surface area contributed by atoms with Crippen molar-refractivity contribution >= 4 is 41.2 Å². The highest BCUT2D eigenvalue weighted by Gasteiger charge is 2.26. The highest BCUT2D eigenvalue weighted by molar-refractivity contribution is 6.21. The number of aromatic hydroxyl groups is 1. The van der Waals surface area contributed by atoms with E-state index in [4.69, 9.17) is 9.15 Å². The van der Waals surface area contributed by atoms with E-state index in [2.05, 4.69) is 15.3 Å². The Labute approximate surface area is 172 Å². The maximum atomic E-state index is 11.7. The monoisotopic (exact) mass is 405 g/mol. The fourth-order valence-corrected chi connectivity index (χ4v) is 2.99. The van der Waals surface area contributed by atoms with Crippen LogP contribution < -0.4 is 10.1 Å². The first-order valence-electron chi connectivity index (χ1n) is 9.37. The number of carbonyl (C=O) groups is 1. The summed E-state index contributed by atoms with van der Waals surface area (Å²) in [6.07, 6.45) is 5.65. The Balaban J connectivity index is 1.64. The molecule has 0 saturated carbocycles. The lowest BCUT2D eigenvalue weighted by Crippen LogP contribution is -2.00. The third-order valence-corrected chi connectivity index (χ3v) is 4.42. The van der Waals surface area contributed by atoms with Crippen LogP contribution in [0.1, 0.15) is 35.0 Å². The van der Waals surface area contributed by atoms with Crippen LogP contribution in [0.3, 0.4) is 0 Å². The van der Waals surface area contributed by atoms with Gasteiger partial charge in [0.2, 0.25) is 5.88 Å². The third kappa shape index (κ3) is 3.75. The van der Waals surface area contributed by atoms with Gasteiger partial charge in [-0.15, -0.1) is 0 Å². The molecule has 0 saturated heterocycles. The van der Waals surface area contributed by atoms with Crippen LogP contribution in [0, 0.1) is 0 Å². The highest BCUT2D eigenvalue weighted by atomic mass is 16.5. The number of carboxylic acid groups (broad SMARTS) is 1. The smallest absolute Gasteiger partial charge is 0.345 e. The Morgan fingerprint density at radius 3 is 2.80 bits per heavy atom. The van der Waals surface area contributed by atoms with E-state index in [1.807, 2.05) is 13.0 Å². The number of hydrogen-bond donors (Lipinski definition) is 3. The molecule has 8 heteroatoms. The van der Waals surface area contributed by atoms with E-state index in [0.717, 1.165) is 12.0 Å². The second kappa shape index (κ2) is 8.12. The summed E-state index contributed by atoms with van der Waals surface area (Å²) in [5.74, 6) is -0.579. The van der Waals surface area contributed by atoms with E-state index in [1.54, 1.807) is 42.7 Å². The van der Waals surface area contributed by atoms with Gasteiger partial charge in [-0.1, -0.05) is 6.92 Å². The van der Waals surface area contributed by atoms with E-state index < -0.39 is 11.7 Å². The van der Waals surface area contributed by atoms with Crippen molar-refractivity contribution in [3.8, 4) is 11.5 Å². The van der Waals surface area contributed by atoms with Crippen molar-refractivity contribution in [1.29, 1.82) is 0 Å². The second-order valence-corrected chi connectivity index (χ2v) is 6.55. The molecule has 3 heterocycles. The normalized spacial score (nSPS) is 13.4. The molecule has 3 N–H and O–H groups in total. The standard InChI is InChI=1S/C22H19N3O5/c1-2-10-29-15-7-5-14(6-8-15)25-21-18(22(27)28)19(26)17(30-21)11-13-12-24-20-16(13)4-3-9-23-20/h3-9,11-12,25-26H,2,10H2,1H3,(H,27,28). The van der Waals surface area contributed by atoms with Gasteiger partial charge in [-0.25, -0.2) is 14.8 Å². The Morgan fingerprint density at radius 1 is 1.27 bits per heavy atom. The molecule has 0 amide bonds. The first-order chi connectivity index (χ1) is 14.6. The molecule has 4 rings (SSSR count). The van der Waals surface area contributed by atoms with Crippen LogP contribution in [0.2, 0.25) is 0 Å². The molecule has 1 aromatic carbocycles. The number of fused-ring (bicyclic) bond motifs is 1. The Hall–Kier alpha value is -4.07. The van der Waals surface area contributed by atoms with Crippen molar-refractivity contribution in [3.05, 3.63) is 59.5 Å². The van der Waals surface area contributed by atoms with E-state index in [9.17, 15) is 15.0 Å². The summed E-state index contributed by atoms with van der Waals surface area (Å²) < 4.78 is 11.2. The molecule has 3 aromatic rings. The van der Waals surface area contributed by atoms with Crippen molar-refractivity contribution in [2.24, 2.45) is 4.99 Å². The third-order valence-electron chi connectivity index (χ3n) is 4.42. The van der Waals surface area contributed by atoms with Gasteiger partial charge in [-0.2, -0.15) is 0 Å². The topological polar surface area (TPSA) is 117 Å². The van der Waals surface area contributed by atoms with Gasteiger partial charge >= 0.3 is 5.97 Å². The lowest BCUT2D eigenvalue weighted by Gasteiger charge is -2.07. The molecule has 0 radical (unpaired) electrons. The van der Waals surface area contributed by atoms with Crippen molar-refractivity contribution in [2.45, 2.75) is 13.3 Å². The molecular weight excluding hydrogens is 386 g/mol. The number of carboxylic acids is 1. The highest BCUT2D eigenvalue weighted by Crippen LogP contribution is 2.39. The number of aromatic nitrogens is 1. The lowest BCUT2D eigenvalue weighted by atomic mass is 10.1. The average molecular weight is 405 g/mol. The van der Waals surface area contributed by atoms with Crippen molar-refractivity contribution < 1.29 is 24.2 Å². The molecular formula is C22H19N3O5. The SMILES string of the molecule is CCCOc1ccc(Nc2oc(C=C3C=Nc4ncccc43)c(O)c2C(=O)O)cc1. The molecule has 0 spiro atoms. The Bertz CT molecular complexity index is 1150. The number of aromatic carboxylic acids is 1. The second-order valence-electron chi connectivity index (χ2n) is 6.55. The van der Waals surface area contributed by atoms with Gasteiger partial charge in [0, 0.05) is 29.2 Å². The zero-order valence-corrected chi connectivity index (χ0v) is 16.1. The van der Waals surface area contributed by atoms with Gasteiger partial charge in [-0.3, -0.25) is 0 Å². The van der Waals surface area contributed by atoms with E-state index in [1.165, 1.54) is 6.08 Å². The molecule has 0 aliphatic carbocycles. The van der Waals surface area contributed by atoms with E-state index in [-0.39, 0.29) is 17.2 Å². The number of ether oxygens (including phenoxy) is 1. The van der Waals surface area contributed by atoms with Gasteiger partial charge in [0.25, 0.3) is 0 Å². The molecule has 1 aliphatic rings. The first kappa shape index (κ1) is 19.3. The molecule has 1 aliphatic heterocycles. The summed E-state index contributed by atoms with van der Waals surface area (Å²) >= 11 is 0. The van der Waals surface area contributed by atoms with Crippen LogP contribution in [-0.4, -0.2) is 34.0 Å². The molecule has 2 aromatic heterocycles. The van der Waals surface area contributed by atoms with Crippen LogP contribution in [0.4, 0.5) is 17.4 Å². The van der Waals surface area contributed by atoms with Gasteiger partial charge in [0.15, 0.2) is 22.9 Å². The Kier molecular flexibility index (Phi) is 5.21. The summed E-state index contributed by atoms with van der Waals surface area (Å²) in [5, 5.41) is 22.9. The number of hydrogen-bond acceptors (Lipinski definition) is 7. The number of benzene rings is 1. The number of nitrogens with zero attached hydrogens (tertiary/aromatic N) is 2. The minimum atomic E-state index is -1.31. The quantitative estimate of drug-likeness (QED) is 0.513. The number of pyridine rings is 1. The van der Waals surface area contributed by atoms with Crippen LogP contribution in [0.25, 0.3) is 11.6 Å². The predicted molar refractivity (Wildman–Crippen MR) is 113 cm³/mol. The predicted octanol–water partition coefficient (Wildman–Crippen LogP) is 4.87. The molecule has 30 heavy (non-hydrogen) atoms. The summed E-state index contributed by atoms with van der Waals surface area (Å²) in [5.41, 5.74) is 1.66. The fraction of sp³-hybridized carbons (Fsp3) is 0.136. The average Bonchev–Trinajstić information content (AvgIpc) is 3.29. The maximum absolute atomic E-state index is 11.7. The van der Waals surface area contributed by atoms with Crippen molar-refractivity contribution in [2.75, 3.05) is 11.9 Å². The maximum Gasteiger partial charge on any atom is 0.345 e. The first-order valence-corrected chi connectivity index (χ1v) is 9.37. The van der Waals surface area contributed by atoms with E-state index >= 15 is 0 Å². The molecule has 152 valence electrons. The summed E-state index contributed by atoms with van der Waals surface area (Å²) in [6, 6.07) is 10.6. The Morgan fingerprint density at radius 2 is 2.07 bits per heavy atom. The number of aliphatic imine (C=N–C) groups is 1. The van der Waals surface area contributed by atoms with E-state index in [0.29, 0.717) is 29.4 Å². The summed E-state index contributed by atoms with van der Waals surface area (Å²) in [6.45, 7) is 2.63. The van der Waals surface area contributed by atoms with Crippen LogP contribution in [-0.2, 0) is 0 Å². The van der Waals surface area contributed by atoms with Crippen molar-refractivity contribution in [1.82, 2.24) is 4.98 Å². The largest absolute Gasteiger partial charge is 0.504 e. The van der Waals surface area contributed by atoms with Crippen molar-refractivity contribution in [3.63, 3.8) is 0 Å². The van der Waals surface area contributed by atoms with Crippen LogP contribution in [0.5, 0.6) is 11.5 Å². The van der Waals surface area contributed by atoms with Gasteiger partial charge in [-0.05, 0) is 48.9 Å². The number of nitrogens with one attached hydrogen (secondary N) is 1. The number of anilines is 2. The summed E-state index contributed by atoms with van der Waals surface area (Å²) in [4.78, 5) is 20.1. The minimum absolute atomic E-state index is 0.0101.